The molecule has 0 aromatic heterocycles. The molecule has 0 bridgehead atoms. The minimum Gasteiger partial charge on any atom is -0.490 e. The van der Waals surface area contributed by atoms with Crippen LogP contribution in [-0.4, -0.2) is 17.9 Å². The van der Waals surface area contributed by atoms with Crippen LogP contribution in [-0.2, 0) is 6.61 Å². The van der Waals surface area contributed by atoms with Crippen LogP contribution in [0.15, 0.2) is 47.6 Å². The van der Waals surface area contributed by atoms with Crippen LogP contribution in [0.4, 0.5) is 0 Å². The Balaban J connectivity index is 2.10. The number of nitrogens with two attached hydrogens (primary N) is 1. The Hall–Kier alpha value is -2.60. The molecule has 2 aromatic carbocycles. The molecule has 0 fully saturated rings. The Bertz CT molecular complexity index is 732. The molecular weight excluding hydrogens is 322 g/mol. The molecule has 0 aliphatic carbocycles. The molecule has 0 saturated heterocycles. The lowest BCUT2D eigenvalue weighted by atomic mass is 10.1. The van der Waals surface area contributed by atoms with Gasteiger partial charge in [-0.25, -0.2) is 0 Å². The summed E-state index contributed by atoms with van der Waals surface area (Å²) in [5.41, 5.74) is 11.0. The maximum absolute atomic E-state index is 5.90. The smallest absolute Gasteiger partial charge is 0.184 e. The fraction of sp³-hybridized carbons (Fsp3) is 0.222. The fourth-order valence-electron chi connectivity index (χ4n) is 2.13. The number of nitrogens with one attached hydrogen (secondary N) is 1. The van der Waals surface area contributed by atoms with E-state index in [1.54, 1.807) is 6.21 Å². The third kappa shape index (κ3) is 5.55. The average molecular weight is 343 g/mol. The van der Waals surface area contributed by atoms with E-state index in [0.717, 1.165) is 11.1 Å². The number of benzene rings is 2. The van der Waals surface area contributed by atoms with E-state index < -0.39 is 0 Å². The highest BCUT2D eigenvalue weighted by Crippen LogP contribution is 2.29. The second-order valence-electron chi connectivity index (χ2n) is 5.15. The monoisotopic (exact) mass is 343 g/mol. The molecule has 0 unspecified atom stereocenters. The van der Waals surface area contributed by atoms with Crippen LogP contribution in [0.2, 0.25) is 0 Å². The quantitative estimate of drug-likeness (QED) is 0.459. The van der Waals surface area contributed by atoms with Crippen LogP contribution < -0.4 is 20.6 Å². The minimum absolute atomic E-state index is 0.120. The molecule has 0 saturated carbocycles. The van der Waals surface area contributed by atoms with Crippen LogP contribution in [0, 0.1) is 6.92 Å². The van der Waals surface area contributed by atoms with Gasteiger partial charge in [-0.05, 0) is 55.4 Å². The van der Waals surface area contributed by atoms with Gasteiger partial charge >= 0.3 is 0 Å². The van der Waals surface area contributed by atoms with Gasteiger partial charge in [0.15, 0.2) is 16.6 Å². The Morgan fingerprint density at radius 2 is 2.04 bits per heavy atom. The molecule has 0 amide bonds. The van der Waals surface area contributed by atoms with Gasteiger partial charge in [0.2, 0.25) is 0 Å². The van der Waals surface area contributed by atoms with E-state index in [0.29, 0.717) is 24.7 Å². The third-order valence-electron chi connectivity index (χ3n) is 3.13. The summed E-state index contributed by atoms with van der Waals surface area (Å²) in [6.07, 6.45) is 1.62. The predicted octanol–water partition coefficient (Wildman–Crippen LogP) is 3.14. The molecule has 0 spiro atoms. The van der Waals surface area contributed by atoms with Crippen LogP contribution in [0.5, 0.6) is 11.5 Å². The van der Waals surface area contributed by atoms with Gasteiger partial charge in [-0.2, -0.15) is 5.10 Å². The summed E-state index contributed by atoms with van der Waals surface area (Å²) in [5.74, 6) is 1.36. The first kappa shape index (κ1) is 17.7. The summed E-state index contributed by atoms with van der Waals surface area (Å²) >= 11 is 4.70. The fourth-order valence-corrected chi connectivity index (χ4v) is 2.18. The van der Waals surface area contributed by atoms with E-state index in [9.17, 15) is 0 Å². The Kier molecular flexibility index (Phi) is 6.57. The van der Waals surface area contributed by atoms with Gasteiger partial charge < -0.3 is 15.2 Å². The molecule has 5 nitrogen and oxygen atoms in total. The van der Waals surface area contributed by atoms with Crippen molar-refractivity contribution < 1.29 is 9.47 Å². The molecule has 126 valence electrons. The second-order valence-corrected chi connectivity index (χ2v) is 5.59. The van der Waals surface area contributed by atoms with Crippen LogP contribution in [0.3, 0.4) is 0 Å². The summed E-state index contributed by atoms with van der Waals surface area (Å²) < 4.78 is 11.6. The first-order valence-electron chi connectivity index (χ1n) is 7.62. The number of aryl methyl sites for hydroxylation is 1. The largest absolute Gasteiger partial charge is 0.490 e. The second kappa shape index (κ2) is 8.88. The normalized spacial score (nSPS) is 10.6. The summed E-state index contributed by atoms with van der Waals surface area (Å²) in [5, 5.41) is 4.06. The summed E-state index contributed by atoms with van der Waals surface area (Å²) in [7, 11) is 0. The van der Waals surface area contributed by atoms with Gasteiger partial charge in [0.25, 0.3) is 0 Å². The van der Waals surface area contributed by atoms with Gasteiger partial charge in [0, 0.05) is 0 Å². The predicted molar refractivity (Wildman–Crippen MR) is 101 cm³/mol. The zero-order chi connectivity index (χ0) is 17.4. The van der Waals surface area contributed by atoms with Gasteiger partial charge in [0.1, 0.15) is 6.61 Å². The number of hydrogen-bond donors (Lipinski definition) is 2. The zero-order valence-corrected chi connectivity index (χ0v) is 14.6. The number of nitrogens with zero attached hydrogens (tertiary/aromatic N) is 1. The maximum Gasteiger partial charge on any atom is 0.184 e. The number of hydrogen-bond acceptors (Lipinski definition) is 4. The lowest BCUT2D eigenvalue weighted by Crippen LogP contribution is -2.23. The molecule has 2 rings (SSSR count). The van der Waals surface area contributed by atoms with Gasteiger partial charge in [0.05, 0.1) is 12.8 Å². The standard InChI is InChI=1S/C18H21N3O2S/c1-3-22-17-10-14(11-20-21-18(19)24)7-8-16(17)23-12-15-6-4-5-13(2)9-15/h4-11H,3,12H2,1-2H3,(H3,19,21,24)/b20-11-. The molecule has 3 N–H and O–H groups in total. The SMILES string of the molecule is CCOc1cc(/C=N\NC(N)=S)ccc1OCc1cccc(C)c1. The van der Waals surface area contributed by atoms with Gasteiger partial charge in [-0.3, -0.25) is 5.43 Å². The Labute approximate surface area is 147 Å². The van der Waals surface area contributed by atoms with E-state index in [-0.39, 0.29) is 5.11 Å². The highest BCUT2D eigenvalue weighted by atomic mass is 32.1. The van der Waals surface area contributed by atoms with E-state index >= 15 is 0 Å². The summed E-state index contributed by atoms with van der Waals surface area (Å²) in [6, 6.07) is 13.8. The third-order valence-corrected chi connectivity index (χ3v) is 3.22. The lowest BCUT2D eigenvalue weighted by Gasteiger charge is -2.13. The molecule has 0 radical (unpaired) electrons. The van der Waals surface area contributed by atoms with Crippen LogP contribution in [0.25, 0.3) is 0 Å². The van der Waals surface area contributed by atoms with E-state index in [2.05, 4.69) is 29.6 Å². The van der Waals surface area contributed by atoms with Crippen molar-refractivity contribution in [3.05, 3.63) is 59.2 Å². The van der Waals surface area contributed by atoms with E-state index in [1.807, 2.05) is 37.3 Å². The molecule has 0 atom stereocenters. The number of hydrazone groups is 1. The maximum atomic E-state index is 5.90. The van der Waals surface area contributed by atoms with E-state index in [4.69, 9.17) is 27.4 Å². The van der Waals surface area contributed by atoms with Gasteiger partial charge in [-0.15, -0.1) is 0 Å². The number of rotatable bonds is 7. The number of ether oxygens (including phenoxy) is 2. The number of thiocarbonyl (C=S) groups is 1. The molecule has 0 aliphatic heterocycles. The molecule has 2 aromatic rings. The van der Waals surface area contributed by atoms with Crippen molar-refractivity contribution >= 4 is 23.5 Å². The first-order chi connectivity index (χ1) is 11.6. The lowest BCUT2D eigenvalue weighted by molar-refractivity contribution is 0.269. The van der Waals surface area contributed by atoms with E-state index in [1.165, 1.54) is 5.56 Å². The molecule has 24 heavy (non-hydrogen) atoms. The first-order valence-corrected chi connectivity index (χ1v) is 8.03. The minimum atomic E-state index is 0.120. The van der Waals surface area contributed by atoms with Crippen molar-refractivity contribution in [1.82, 2.24) is 5.43 Å². The average Bonchev–Trinajstić information content (AvgIpc) is 2.54. The Morgan fingerprint density at radius 3 is 2.75 bits per heavy atom. The topological polar surface area (TPSA) is 68.9 Å². The van der Waals surface area contributed by atoms with Crippen molar-refractivity contribution in [2.24, 2.45) is 10.8 Å². The molecule has 0 aliphatic rings. The highest BCUT2D eigenvalue weighted by Gasteiger charge is 2.06. The van der Waals surface area contributed by atoms with Crippen molar-refractivity contribution in [1.29, 1.82) is 0 Å². The van der Waals surface area contributed by atoms with Crippen LogP contribution >= 0.6 is 12.2 Å². The highest BCUT2D eigenvalue weighted by molar-refractivity contribution is 7.80. The van der Waals surface area contributed by atoms with Crippen molar-refractivity contribution in [3.63, 3.8) is 0 Å². The zero-order valence-electron chi connectivity index (χ0n) is 13.8. The summed E-state index contributed by atoms with van der Waals surface area (Å²) in [4.78, 5) is 0. The molecule has 0 heterocycles. The van der Waals surface area contributed by atoms with Crippen molar-refractivity contribution in [2.45, 2.75) is 20.5 Å². The van der Waals surface area contributed by atoms with Crippen molar-refractivity contribution in [2.75, 3.05) is 6.61 Å². The molecule has 6 heteroatoms. The van der Waals surface area contributed by atoms with Crippen molar-refractivity contribution in [3.8, 4) is 11.5 Å². The van der Waals surface area contributed by atoms with Crippen LogP contribution in [0.1, 0.15) is 23.6 Å². The Morgan fingerprint density at radius 1 is 1.21 bits per heavy atom. The molecular formula is C18H21N3O2S. The van der Waals surface area contributed by atoms with Gasteiger partial charge in [-0.1, -0.05) is 29.8 Å². The summed E-state index contributed by atoms with van der Waals surface area (Å²) in [6.45, 7) is 5.02.